The largest absolute Gasteiger partial charge is 0.467 e. The third kappa shape index (κ3) is 3.72. The number of nitrogens with one attached hydrogen (secondary N) is 1. The van der Waals surface area contributed by atoms with Crippen LogP contribution in [0, 0.1) is 11.8 Å². The minimum Gasteiger partial charge on any atom is -0.467 e. The maximum atomic E-state index is 12.4. The highest BCUT2D eigenvalue weighted by Gasteiger charge is 2.45. The van der Waals surface area contributed by atoms with Gasteiger partial charge < -0.3 is 10.1 Å². The number of methoxy groups -OCH3 is 1. The van der Waals surface area contributed by atoms with Crippen molar-refractivity contribution in [2.45, 2.75) is 38.6 Å². The number of benzene rings is 1. The summed E-state index contributed by atoms with van der Waals surface area (Å²) in [6.07, 6.45) is 2.71. The lowest BCUT2D eigenvalue weighted by atomic mass is 9.71. The highest BCUT2D eigenvalue weighted by Crippen LogP contribution is 2.39. The number of esters is 1. The van der Waals surface area contributed by atoms with Crippen molar-refractivity contribution in [2.75, 3.05) is 12.4 Å². The molecule has 3 nitrogen and oxygen atoms in total. The molecule has 2 unspecified atom stereocenters. The maximum Gasteiger partial charge on any atom is 0.331 e. The smallest absolute Gasteiger partial charge is 0.331 e. The van der Waals surface area contributed by atoms with Gasteiger partial charge in [0.2, 0.25) is 0 Å². The number of halogens is 2. The van der Waals surface area contributed by atoms with E-state index >= 15 is 0 Å². The Labute approximate surface area is 139 Å². The Kier molecular flexibility index (Phi) is 5.20. The van der Waals surface area contributed by atoms with Crippen LogP contribution < -0.4 is 5.32 Å². The molecule has 0 saturated heterocycles. The van der Waals surface area contributed by atoms with Crippen molar-refractivity contribution >= 4 is 39.2 Å². The van der Waals surface area contributed by atoms with Crippen LogP contribution in [0.15, 0.2) is 22.7 Å². The minimum atomic E-state index is -0.654. The zero-order chi connectivity index (χ0) is 15.6. The van der Waals surface area contributed by atoms with Crippen molar-refractivity contribution in [3.05, 3.63) is 27.7 Å². The van der Waals surface area contributed by atoms with Gasteiger partial charge in [0.25, 0.3) is 0 Å². The van der Waals surface area contributed by atoms with Gasteiger partial charge in [0.05, 0.1) is 12.1 Å². The van der Waals surface area contributed by atoms with Gasteiger partial charge in [-0.3, -0.25) is 0 Å². The highest BCUT2D eigenvalue weighted by atomic mass is 79.9. The summed E-state index contributed by atoms with van der Waals surface area (Å²) >= 11 is 9.45. The van der Waals surface area contributed by atoms with Gasteiger partial charge in [0.1, 0.15) is 5.54 Å². The molecule has 0 amide bonds. The number of rotatable bonds is 3. The summed E-state index contributed by atoms with van der Waals surface area (Å²) in [6.45, 7) is 4.37. The lowest BCUT2D eigenvalue weighted by Gasteiger charge is -2.41. The van der Waals surface area contributed by atoms with Crippen molar-refractivity contribution in [3.8, 4) is 0 Å². The molecule has 0 heterocycles. The van der Waals surface area contributed by atoms with Crippen LogP contribution in [0.3, 0.4) is 0 Å². The third-order valence-corrected chi connectivity index (χ3v) is 5.29. The fourth-order valence-electron chi connectivity index (χ4n) is 3.49. The molecule has 2 rings (SSSR count). The summed E-state index contributed by atoms with van der Waals surface area (Å²) in [6, 6.07) is 5.60. The molecular weight excluding hydrogens is 354 g/mol. The predicted octanol–water partition coefficient (Wildman–Crippen LogP) is 4.88. The molecule has 5 heteroatoms. The summed E-state index contributed by atoms with van der Waals surface area (Å²) in [5.41, 5.74) is 0.219. The van der Waals surface area contributed by atoms with Gasteiger partial charge >= 0.3 is 5.97 Å². The van der Waals surface area contributed by atoms with Crippen LogP contribution in [0.1, 0.15) is 33.1 Å². The van der Waals surface area contributed by atoms with E-state index in [1.807, 2.05) is 18.2 Å². The first-order valence-corrected chi connectivity index (χ1v) is 8.35. The van der Waals surface area contributed by atoms with E-state index < -0.39 is 5.54 Å². The van der Waals surface area contributed by atoms with Gasteiger partial charge in [-0.2, -0.15) is 0 Å². The molecule has 2 atom stereocenters. The van der Waals surface area contributed by atoms with E-state index in [9.17, 15) is 4.79 Å². The monoisotopic (exact) mass is 373 g/mol. The highest BCUT2D eigenvalue weighted by molar-refractivity contribution is 9.10. The molecule has 1 aromatic carbocycles. The zero-order valence-electron chi connectivity index (χ0n) is 12.6. The summed E-state index contributed by atoms with van der Waals surface area (Å²) < 4.78 is 5.89. The number of anilines is 1. The molecule has 0 aliphatic heterocycles. The van der Waals surface area contributed by atoms with Crippen molar-refractivity contribution in [3.63, 3.8) is 0 Å². The topological polar surface area (TPSA) is 38.3 Å². The second-order valence-electron chi connectivity index (χ2n) is 6.18. The lowest BCUT2D eigenvalue weighted by Crippen LogP contribution is -2.52. The molecule has 0 radical (unpaired) electrons. The van der Waals surface area contributed by atoms with E-state index in [1.165, 1.54) is 7.11 Å². The Morgan fingerprint density at radius 3 is 2.52 bits per heavy atom. The SMILES string of the molecule is COC(=O)C1(Nc2ccc(Cl)c(Br)c2)CC(C)CC(C)C1. The van der Waals surface area contributed by atoms with Gasteiger partial charge in [-0.15, -0.1) is 0 Å². The first-order chi connectivity index (χ1) is 9.86. The van der Waals surface area contributed by atoms with Crippen molar-refractivity contribution in [1.29, 1.82) is 0 Å². The van der Waals surface area contributed by atoms with Crippen LogP contribution in [-0.2, 0) is 9.53 Å². The fraction of sp³-hybridized carbons (Fsp3) is 0.562. The van der Waals surface area contributed by atoms with E-state index in [-0.39, 0.29) is 5.97 Å². The first-order valence-electron chi connectivity index (χ1n) is 7.18. The Hall–Kier alpha value is -0.740. The van der Waals surface area contributed by atoms with Crippen LogP contribution in [0.25, 0.3) is 0 Å². The van der Waals surface area contributed by atoms with Crippen molar-refractivity contribution in [1.82, 2.24) is 0 Å². The number of carbonyl (C=O) groups is 1. The van der Waals surface area contributed by atoms with Gasteiger partial charge in [0.15, 0.2) is 0 Å². The molecule has 0 spiro atoms. The number of hydrogen-bond donors (Lipinski definition) is 1. The Morgan fingerprint density at radius 1 is 1.38 bits per heavy atom. The quantitative estimate of drug-likeness (QED) is 0.766. The molecule has 1 aliphatic rings. The second-order valence-corrected chi connectivity index (χ2v) is 7.44. The Bertz CT molecular complexity index is 525. The molecule has 21 heavy (non-hydrogen) atoms. The molecule has 0 aromatic heterocycles. The first kappa shape index (κ1) is 16.6. The van der Waals surface area contributed by atoms with Crippen LogP contribution in [-0.4, -0.2) is 18.6 Å². The molecule has 1 aromatic rings. The van der Waals surface area contributed by atoms with E-state index in [4.69, 9.17) is 16.3 Å². The van der Waals surface area contributed by atoms with Crippen LogP contribution in [0.5, 0.6) is 0 Å². The number of carbonyl (C=O) groups excluding carboxylic acids is 1. The van der Waals surface area contributed by atoms with Crippen molar-refractivity contribution in [2.24, 2.45) is 11.8 Å². The fourth-order valence-corrected chi connectivity index (χ4v) is 3.99. The van der Waals surface area contributed by atoms with E-state index in [1.54, 1.807) is 0 Å². The summed E-state index contributed by atoms with van der Waals surface area (Å²) in [7, 11) is 1.45. The van der Waals surface area contributed by atoms with Crippen molar-refractivity contribution < 1.29 is 9.53 Å². The zero-order valence-corrected chi connectivity index (χ0v) is 14.9. The molecule has 1 fully saturated rings. The second kappa shape index (κ2) is 6.57. The molecule has 1 N–H and O–H groups in total. The minimum absolute atomic E-state index is 0.188. The molecular formula is C16H21BrClNO2. The standard InChI is InChI=1S/C16H21BrClNO2/c1-10-6-11(2)9-16(8-10,15(20)21-3)19-12-4-5-14(18)13(17)7-12/h4-5,7,10-11,19H,6,8-9H2,1-3H3. The van der Waals surface area contributed by atoms with E-state index in [2.05, 4.69) is 35.1 Å². The number of hydrogen-bond acceptors (Lipinski definition) is 3. The Morgan fingerprint density at radius 2 is 2.00 bits per heavy atom. The average molecular weight is 375 g/mol. The predicted molar refractivity (Wildman–Crippen MR) is 89.7 cm³/mol. The molecule has 1 saturated carbocycles. The summed E-state index contributed by atoms with van der Waals surface area (Å²) in [5.74, 6) is 0.777. The van der Waals surface area contributed by atoms with E-state index in [0.29, 0.717) is 16.9 Å². The average Bonchev–Trinajstić information content (AvgIpc) is 2.41. The maximum absolute atomic E-state index is 12.4. The Balaban J connectivity index is 2.32. The van der Waals surface area contributed by atoms with Gasteiger partial charge in [0, 0.05) is 10.2 Å². The normalized spacial score (nSPS) is 29.0. The summed E-state index contributed by atoms with van der Waals surface area (Å²) in [4.78, 5) is 12.4. The van der Waals surface area contributed by atoms with Crippen LogP contribution in [0.2, 0.25) is 5.02 Å². The lowest BCUT2D eigenvalue weighted by molar-refractivity contribution is -0.148. The van der Waals surface area contributed by atoms with Crippen LogP contribution >= 0.6 is 27.5 Å². The van der Waals surface area contributed by atoms with Gasteiger partial charge in [-0.05, 0) is 65.2 Å². The van der Waals surface area contributed by atoms with Gasteiger partial charge in [-0.1, -0.05) is 25.4 Å². The van der Waals surface area contributed by atoms with Crippen LogP contribution in [0.4, 0.5) is 5.69 Å². The molecule has 116 valence electrons. The van der Waals surface area contributed by atoms with E-state index in [0.717, 1.165) is 29.4 Å². The molecule has 1 aliphatic carbocycles. The third-order valence-electron chi connectivity index (χ3n) is 4.08. The number of ether oxygens (including phenoxy) is 1. The summed E-state index contributed by atoms with van der Waals surface area (Å²) in [5, 5.41) is 4.06. The molecule has 0 bridgehead atoms. The van der Waals surface area contributed by atoms with Gasteiger partial charge in [-0.25, -0.2) is 4.79 Å².